The van der Waals surface area contributed by atoms with Crippen molar-refractivity contribution in [1.29, 1.82) is 0 Å². The average Bonchev–Trinajstić information content (AvgIpc) is 4.01. The van der Waals surface area contributed by atoms with E-state index in [0.717, 1.165) is 68.4 Å². The lowest BCUT2D eigenvalue weighted by atomic mass is 9.88. The second kappa shape index (κ2) is 13.3. The minimum absolute atomic E-state index is 0.580. The van der Waals surface area contributed by atoms with E-state index in [0.29, 0.717) is 17.5 Å². The molecule has 0 saturated heterocycles. The fourth-order valence-corrected chi connectivity index (χ4v) is 11.2. The molecule has 6 heteroatoms. The molecule has 9 aromatic carbocycles. The van der Waals surface area contributed by atoms with Gasteiger partial charge in [0.15, 0.2) is 17.5 Å². The van der Waals surface area contributed by atoms with Gasteiger partial charge in [0, 0.05) is 65.0 Å². The van der Waals surface area contributed by atoms with Gasteiger partial charge in [0.05, 0.1) is 16.7 Å². The summed E-state index contributed by atoms with van der Waals surface area (Å²) in [5.41, 5.74) is 10.5. The summed E-state index contributed by atoms with van der Waals surface area (Å²) in [6.45, 7) is 0. The van der Waals surface area contributed by atoms with Crippen LogP contribution in [0.15, 0.2) is 186 Å². The van der Waals surface area contributed by atoms with E-state index >= 15 is 0 Å². The number of hydrogen-bond donors (Lipinski definition) is 0. The molecule has 63 heavy (non-hydrogen) atoms. The molecule has 0 bridgehead atoms. The van der Waals surface area contributed by atoms with E-state index in [4.69, 9.17) is 19.4 Å². The Morgan fingerprint density at radius 2 is 1.10 bits per heavy atom. The van der Waals surface area contributed by atoms with Crippen molar-refractivity contribution < 1.29 is 4.42 Å². The number of furan rings is 1. The first kappa shape index (κ1) is 34.7. The monoisotopic (exact) mass is 822 g/mol. The van der Waals surface area contributed by atoms with Gasteiger partial charge in [-0.05, 0) is 99.8 Å². The number of rotatable bonds is 4. The molecule has 0 N–H and O–H groups in total. The van der Waals surface area contributed by atoms with E-state index < -0.39 is 0 Å². The SMILES string of the molecule is c1ccc2c(c1)CCc1oc3cc(-c4nc(-c5ccc6ccccc6c5)nc(-c5ccc6sc7ccccc7c6c5)n4)c(-n4c5ccccc5c5cc6ccccc6cc54)cc3c1-2. The van der Waals surface area contributed by atoms with Crippen molar-refractivity contribution in [2.24, 2.45) is 0 Å². The fourth-order valence-electron chi connectivity index (χ4n) is 10.1. The smallest absolute Gasteiger partial charge is 0.166 e. The fraction of sp³-hybridized carbons (Fsp3) is 0.0351. The summed E-state index contributed by atoms with van der Waals surface area (Å²) in [5, 5.41) is 10.6. The maximum Gasteiger partial charge on any atom is 0.166 e. The van der Waals surface area contributed by atoms with Gasteiger partial charge in [-0.15, -0.1) is 11.3 Å². The predicted molar refractivity (Wildman–Crippen MR) is 261 cm³/mol. The van der Waals surface area contributed by atoms with Crippen LogP contribution in [0.3, 0.4) is 0 Å². The summed E-state index contributed by atoms with van der Waals surface area (Å²) < 4.78 is 11.8. The average molecular weight is 823 g/mol. The number of hydrogen-bond acceptors (Lipinski definition) is 5. The zero-order valence-electron chi connectivity index (χ0n) is 33.8. The number of nitrogens with zero attached hydrogens (tertiary/aromatic N) is 4. The molecule has 14 rings (SSSR count). The van der Waals surface area contributed by atoms with Crippen molar-refractivity contribution >= 4 is 85.8 Å². The van der Waals surface area contributed by atoms with Gasteiger partial charge in [-0.1, -0.05) is 121 Å². The van der Waals surface area contributed by atoms with Crippen LogP contribution in [-0.2, 0) is 12.8 Å². The molecule has 0 fully saturated rings. The van der Waals surface area contributed by atoms with Gasteiger partial charge in [0.25, 0.3) is 0 Å². The van der Waals surface area contributed by atoms with Crippen molar-refractivity contribution in [2.45, 2.75) is 12.8 Å². The molecule has 0 amide bonds. The highest BCUT2D eigenvalue weighted by Gasteiger charge is 2.27. The molecule has 0 radical (unpaired) electrons. The standard InChI is InChI=1S/C57H34N4OS/c1-2-13-35-27-38(22-21-33(35)11-1)55-58-56(39-24-26-53-44(29-39)42-18-8-10-20-52(42)63-53)60-57(59-55)45-32-51-46(54-40-16-6-5-12-34(40)23-25-50(54)62-51)31-49(45)61-47-19-9-7-17-41(47)43-28-36-14-3-4-15-37(36)30-48(43)61/h1-22,24,26-32H,23,25H2. The highest BCUT2D eigenvalue weighted by Crippen LogP contribution is 2.46. The molecule has 1 aliphatic rings. The summed E-state index contributed by atoms with van der Waals surface area (Å²) in [4.78, 5) is 16.2. The Hall–Kier alpha value is -7.93. The lowest BCUT2D eigenvalue weighted by Crippen LogP contribution is -2.04. The largest absolute Gasteiger partial charge is 0.460 e. The van der Waals surface area contributed by atoms with Crippen molar-refractivity contribution in [3.05, 3.63) is 193 Å². The molecule has 13 aromatic rings. The summed E-state index contributed by atoms with van der Waals surface area (Å²) >= 11 is 1.81. The molecule has 5 nitrogen and oxygen atoms in total. The molecule has 4 aromatic heterocycles. The van der Waals surface area contributed by atoms with Crippen LogP contribution in [0.25, 0.3) is 125 Å². The quantitative estimate of drug-likeness (QED) is 0.177. The first-order valence-electron chi connectivity index (χ1n) is 21.5. The second-order valence-electron chi connectivity index (χ2n) is 16.7. The van der Waals surface area contributed by atoms with Gasteiger partial charge in [-0.3, -0.25) is 0 Å². The Bertz CT molecular complexity index is 4060. The van der Waals surface area contributed by atoms with Crippen LogP contribution in [0.4, 0.5) is 0 Å². The molecule has 0 atom stereocenters. The topological polar surface area (TPSA) is 56.7 Å². The summed E-state index contributed by atoms with van der Waals surface area (Å²) in [6.07, 6.45) is 1.78. The Morgan fingerprint density at radius 3 is 1.97 bits per heavy atom. The number of aryl methyl sites for hydroxylation is 2. The van der Waals surface area contributed by atoms with Crippen molar-refractivity contribution in [2.75, 3.05) is 0 Å². The van der Waals surface area contributed by atoms with Gasteiger partial charge in [-0.25, -0.2) is 15.0 Å². The van der Waals surface area contributed by atoms with Crippen molar-refractivity contribution in [3.8, 4) is 51.0 Å². The minimum Gasteiger partial charge on any atom is -0.460 e. The molecular weight excluding hydrogens is 789 g/mol. The minimum atomic E-state index is 0.580. The third-order valence-corrected chi connectivity index (χ3v) is 14.2. The first-order chi connectivity index (χ1) is 31.2. The zero-order chi connectivity index (χ0) is 41.2. The van der Waals surface area contributed by atoms with E-state index in [1.54, 1.807) is 0 Å². The van der Waals surface area contributed by atoms with E-state index in [9.17, 15) is 0 Å². The van der Waals surface area contributed by atoms with Crippen LogP contribution in [0.5, 0.6) is 0 Å². The molecule has 0 saturated carbocycles. The Balaban J connectivity index is 1.10. The summed E-state index contributed by atoms with van der Waals surface area (Å²) in [7, 11) is 0. The third-order valence-electron chi connectivity index (χ3n) is 13.1. The molecule has 0 unspecified atom stereocenters. The van der Waals surface area contributed by atoms with E-state index in [1.807, 2.05) is 11.3 Å². The molecule has 4 heterocycles. The van der Waals surface area contributed by atoms with Crippen LogP contribution < -0.4 is 0 Å². The number of aromatic nitrogens is 4. The van der Waals surface area contributed by atoms with Gasteiger partial charge < -0.3 is 8.98 Å². The second-order valence-corrected chi connectivity index (χ2v) is 17.8. The maximum atomic E-state index is 6.89. The van der Waals surface area contributed by atoms with Gasteiger partial charge in [-0.2, -0.15) is 0 Å². The summed E-state index contributed by atoms with van der Waals surface area (Å²) in [6, 6.07) is 65.5. The molecule has 0 spiro atoms. The van der Waals surface area contributed by atoms with Crippen molar-refractivity contribution in [1.82, 2.24) is 19.5 Å². The van der Waals surface area contributed by atoms with E-state index in [1.165, 1.54) is 63.8 Å². The Labute approximate surface area is 365 Å². The van der Waals surface area contributed by atoms with Crippen LogP contribution in [-0.4, -0.2) is 19.5 Å². The zero-order valence-corrected chi connectivity index (χ0v) is 34.7. The number of thiophene rings is 1. The van der Waals surface area contributed by atoms with Crippen molar-refractivity contribution in [3.63, 3.8) is 0 Å². The number of fused-ring (bicyclic) bond motifs is 13. The molecule has 1 aliphatic carbocycles. The molecule has 294 valence electrons. The van der Waals surface area contributed by atoms with Crippen LogP contribution >= 0.6 is 11.3 Å². The normalized spacial score (nSPS) is 12.6. The Kier molecular flexibility index (Phi) is 7.33. The van der Waals surface area contributed by atoms with Crippen LogP contribution in [0.2, 0.25) is 0 Å². The highest BCUT2D eigenvalue weighted by atomic mass is 32.1. The Morgan fingerprint density at radius 1 is 0.429 bits per heavy atom. The highest BCUT2D eigenvalue weighted by molar-refractivity contribution is 7.25. The van der Waals surface area contributed by atoms with E-state index in [2.05, 4.69) is 187 Å². The third kappa shape index (κ3) is 5.32. The lowest BCUT2D eigenvalue weighted by Gasteiger charge is -2.17. The van der Waals surface area contributed by atoms with E-state index in [-0.39, 0.29) is 0 Å². The van der Waals surface area contributed by atoms with Gasteiger partial charge >= 0.3 is 0 Å². The molecule has 0 aliphatic heterocycles. The lowest BCUT2D eigenvalue weighted by molar-refractivity contribution is 0.546. The predicted octanol–water partition coefficient (Wildman–Crippen LogP) is 15.2. The number of para-hydroxylation sites is 1. The molecular formula is C57H34N4OS. The maximum absolute atomic E-state index is 6.89. The van der Waals surface area contributed by atoms with Crippen LogP contribution in [0.1, 0.15) is 11.3 Å². The summed E-state index contributed by atoms with van der Waals surface area (Å²) in [5.74, 6) is 2.83. The number of benzene rings is 9. The van der Waals surface area contributed by atoms with Gasteiger partial charge in [0.1, 0.15) is 11.3 Å². The van der Waals surface area contributed by atoms with Gasteiger partial charge in [0.2, 0.25) is 0 Å². The first-order valence-corrected chi connectivity index (χ1v) is 22.3. The van der Waals surface area contributed by atoms with Crippen LogP contribution in [0, 0.1) is 0 Å².